The first kappa shape index (κ1) is 9.05. The lowest BCUT2D eigenvalue weighted by Gasteiger charge is -1.96. The smallest absolute Gasteiger partial charge is 0.122 e. The van der Waals surface area contributed by atoms with Crippen LogP contribution in [0.5, 0.6) is 0 Å². The van der Waals surface area contributed by atoms with E-state index in [0.717, 1.165) is 0 Å². The molecule has 0 spiro atoms. The zero-order chi connectivity index (χ0) is 9.19. The molecule has 0 aromatic heterocycles. The van der Waals surface area contributed by atoms with Gasteiger partial charge in [0, 0.05) is 0 Å². The zero-order valence-electron chi connectivity index (χ0n) is 6.83. The van der Waals surface area contributed by atoms with Crippen LogP contribution in [0.25, 0.3) is 0 Å². The molecule has 0 fully saturated rings. The number of nitrogens with one attached hydrogen (secondary N) is 1. The fourth-order valence-corrected chi connectivity index (χ4v) is 0.508. The summed E-state index contributed by atoms with van der Waals surface area (Å²) in [7, 11) is 0. The Morgan fingerprint density at radius 2 is 1.92 bits per heavy atom. The van der Waals surface area contributed by atoms with Crippen molar-refractivity contribution in [1.82, 2.24) is 5.59 Å². The number of hydrogen-bond acceptors (Lipinski definition) is 5. The second kappa shape index (κ2) is 6.66. The third kappa shape index (κ3) is 5.25. The monoisotopic (exact) mass is 179 g/mol. The average molecular weight is 179 g/mol. The summed E-state index contributed by atoms with van der Waals surface area (Å²) in [5, 5.41) is 6.97. The maximum Gasteiger partial charge on any atom is 0.122 e. The molecule has 2 aliphatic heterocycles. The molecule has 5 heteroatoms. The Bertz CT molecular complexity index is 241. The summed E-state index contributed by atoms with van der Waals surface area (Å²) in [5.74, 6) is 0. The van der Waals surface area contributed by atoms with Gasteiger partial charge in [-0.05, 0) is 18.2 Å². The molecule has 2 heterocycles. The lowest BCUT2D eigenvalue weighted by Crippen LogP contribution is -2.03. The largest absolute Gasteiger partial charge is 0.373 e. The first-order valence-electron chi connectivity index (χ1n) is 3.60. The van der Waals surface area contributed by atoms with Crippen LogP contribution in [0.2, 0.25) is 0 Å². The van der Waals surface area contributed by atoms with Gasteiger partial charge in [-0.25, -0.2) is 0 Å². The van der Waals surface area contributed by atoms with Gasteiger partial charge in [-0.1, -0.05) is 11.2 Å². The van der Waals surface area contributed by atoms with Crippen LogP contribution < -0.4 is 5.59 Å². The maximum atomic E-state index is 4.52. The van der Waals surface area contributed by atoms with Crippen molar-refractivity contribution < 1.29 is 9.68 Å². The average Bonchev–Trinajstić information content (AvgIpc) is 2.53. The van der Waals surface area contributed by atoms with Gasteiger partial charge < -0.3 is 9.68 Å². The first-order valence-corrected chi connectivity index (χ1v) is 3.60. The molecular weight excluding hydrogens is 170 g/mol. The number of hydrogen-bond donors (Lipinski definition) is 1. The summed E-state index contributed by atoms with van der Waals surface area (Å²) in [6.07, 6.45) is 13.3. The van der Waals surface area contributed by atoms with E-state index in [1.54, 1.807) is 30.7 Å². The fraction of sp³-hybridized carbons (Fsp3) is 0. The topological polar surface area (TPSA) is 55.2 Å². The van der Waals surface area contributed by atoms with Crippen molar-refractivity contribution >= 4 is 12.4 Å². The molecule has 0 saturated carbocycles. The number of rotatable bonds is 0. The van der Waals surface area contributed by atoms with Gasteiger partial charge >= 0.3 is 0 Å². The van der Waals surface area contributed by atoms with Crippen LogP contribution in [-0.4, -0.2) is 12.4 Å². The minimum Gasteiger partial charge on any atom is -0.373 e. The van der Waals surface area contributed by atoms with Crippen LogP contribution in [0.4, 0.5) is 0 Å². The van der Waals surface area contributed by atoms with Crippen LogP contribution >= 0.6 is 0 Å². The molecule has 0 amide bonds. The summed E-state index contributed by atoms with van der Waals surface area (Å²) < 4.78 is 0. The lowest BCUT2D eigenvalue weighted by molar-refractivity contribution is 0.136. The van der Waals surface area contributed by atoms with E-state index in [4.69, 9.17) is 0 Å². The predicted molar refractivity (Wildman–Crippen MR) is 49.7 cm³/mol. The van der Waals surface area contributed by atoms with Gasteiger partial charge in [-0.2, -0.15) is 5.10 Å². The van der Waals surface area contributed by atoms with Gasteiger partial charge in [0.1, 0.15) is 12.5 Å². The van der Waals surface area contributed by atoms with Crippen molar-refractivity contribution in [2.45, 2.75) is 0 Å². The molecule has 0 unspecified atom stereocenters. The third-order valence-electron chi connectivity index (χ3n) is 0.982. The lowest BCUT2D eigenvalue weighted by atomic mass is 10.5. The highest BCUT2D eigenvalue weighted by Crippen LogP contribution is 1.84. The molecular formula is C8H9N3O2. The molecule has 0 aliphatic carbocycles. The SMILES string of the molecule is C1=CC=NOC=C1.C1=CONN=C1. The van der Waals surface area contributed by atoms with E-state index in [1.165, 1.54) is 12.5 Å². The van der Waals surface area contributed by atoms with E-state index in [1.807, 2.05) is 6.08 Å². The number of nitrogens with zero attached hydrogens (tertiary/aromatic N) is 2. The highest BCUT2D eigenvalue weighted by molar-refractivity contribution is 5.71. The predicted octanol–water partition coefficient (Wildman–Crippen LogP) is 1.09. The Morgan fingerprint density at radius 1 is 0.923 bits per heavy atom. The Hall–Kier alpha value is -2.04. The van der Waals surface area contributed by atoms with Gasteiger partial charge in [-0.3, -0.25) is 0 Å². The number of hydrazone groups is 1. The van der Waals surface area contributed by atoms with E-state index < -0.39 is 0 Å². The standard InChI is InChI=1S/C5H5NO.C3H4N2O/c1-2-4-6-7-5-3-1;1-2-4-5-6-3-1/h1-5H;1-3,5H. The maximum absolute atomic E-state index is 4.52. The van der Waals surface area contributed by atoms with E-state index in [-0.39, 0.29) is 0 Å². The van der Waals surface area contributed by atoms with Gasteiger partial charge in [0.15, 0.2) is 0 Å². The molecule has 68 valence electrons. The summed E-state index contributed by atoms with van der Waals surface area (Å²) in [6, 6.07) is 0. The Balaban J connectivity index is 0.000000132. The van der Waals surface area contributed by atoms with Crippen molar-refractivity contribution in [3.8, 4) is 0 Å². The number of oxime groups is 1. The van der Waals surface area contributed by atoms with Gasteiger partial charge in [0.25, 0.3) is 0 Å². The van der Waals surface area contributed by atoms with Crippen LogP contribution in [0.1, 0.15) is 0 Å². The highest BCUT2D eigenvalue weighted by Gasteiger charge is 1.73. The molecule has 13 heavy (non-hydrogen) atoms. The van der Waals surface area contributed by atoms with Gasteiger partial charge in [0.05, 0.1) is 12.4 Å². The van der Waals surface area contributed by atoms with Crippen molar-refractivity contribution in [2.24, 2.45) is 10.3 Å². The molecule has 0 bridgehead atoms. The summed E-state index contributed by atoms with van der Waals surface area (Å²) in [5.41, 5.74) is 2.27. The van der Waals surface area contributed by atoms with E-state index in [9.17, 15) is 0 Å². The molecule has 2 aliphatic rings. The summed E-state index contributed by atoms with van der Waals surface area (Å²) >= 11 is 0. The van der Waals surface area contributed by atoms with E-state index in [2.05, 4.69) is 25.5 Å². The molecule has 0 aromatic carbocycles. The minimum absolute atomic E-state index is 1.51. The second-order valence-corrected chi connectivity index (χ2v) is 1.89. The molecule has 5 nitrogen and oxygen atoms in total. The van der Waals surface area contributed by atoms with Crippen molar-refractivity contribution in [2.75, 3.05) is 0 Å². The van der Waals surface area contributed by atoms with Crippen LogP contribution in [0, 0.1) is 0 Å². The molecule has 1 N–H and O–H groups in total. The zero-order valence-corrected chi connectivity index (χ0v) is 6.83. The summed E-state index contributed by atoms with van der Waals surface area (Å²) in [4.78, 5) is 8.96. The molecule has 0 saturated heterocycles. The summed E-state index contributed by atoms with van der Waals surface area (Å²) in [6.45, 7) is 0. The van der Waals surface area contributed by atoms with Gasteiger partial charge in [-0.15, -0.1) is 5.59 Å². The normalized spacial score (nSPS) is 16.0. The Kier molecular flexibility index (Phi) is 4.63. The fourth-order valence-electron chi connectivity index (χ4n) is 0.508. The second-order valence-electron chi connectivity index (χ2n) is 1.89. The molecule has 0 atom stereocenters. The van der Waals surface area contributed by atoms with E-state index in [0.29, 0.717) is 0 Å². The van der Waals surface area contributed by atoms with E-state index >= 15 is 0 Å². The quantitative estimate of drug-likeness (QED) is 0.605. The first-order chi connectivity index (χ1) is 6.50. The molecule has 2 rings (SSSR count). The Labute approximate surface area is 75.7 Å². The number of allylic oxidation sites excluding steroid dienone is 4. The van der Waals surface area contributed by atoms with Crippen LogP contribution in [0.15, 0.2) is 47.1 Å². The minimum atomic E-state index is 1.51. The van der Waals surface area contributed by atoms with Crippen molar-refractivity contribution in [3.05, 3.63) is 36.8 Å². The van der Waals surface area contributed by atoms with Gasteiger partial charge in [0.2, 0.25) is 0 Å². The van der Waals surface area contributed by atoms with Crippen LogP contribution in [0.3, 0.4) is 0 Å². The van der Waals surface area contributed by atoms with Crippen molar-refractivity contribution in [1.29, 1.82) is 0 Å². The Morgan fingerprint density at radius 3 is 2.54 bits per heavy atom. The highest BCUT2D eigenvalue weighted by atomic mass is 16.7. The van der Waals surface area contributed by atoms with Crippen molar-refractivity contribution in [3.63, 3.8) is 0 Å². The third-order valence-corrected chi connectivity index (χ3v) is 0.982. The molecule has 0 radical (unpaired) electrons. The van der Waals surface area contributed by atoms with Crippen LogP contribution in [-0.2, 0) is 9.68 Å². The molecule has 0 aromatic rings.